The molecule has 0 bridgehead atoms. The smallest absolute Gasteiger partial charge is 0.306 e. The van der Waals surface area contributed by atoms with Crippen LogP contribution in [0, 0.1) is 0 Å². The summed E-state index contributed by atoms with van der Waals surface area (Å²) in [5.74, 6) is -0.938. The molecule has 6 nitrogen and oxygen atoms in total. The standard InChI is InChI=1S/C48H84O6/c1-4-7-10-13-16-19-21-23-24-25-27-29-32-35-38-41-47(50)53-44-45(43-52-46(49)40-37-34-31-28-18-15-12-9-6-3)54-48(51)42-39-36-33-30-26-22-20-17-14-11-8-5-2/h9,12,16,18-19,21,23,28,45H,4-8,10-11,13-15,17,20,22,24-27,29-44H2,1-3H3/b12-9-,19-16-,23-21-,28-18-. The molecule has 312 valence electrons. The predicted molar refractivity (Wildman–Crippen MR) is 229 cm³/mol. The van der Waals surface area contributed by atoms with Gasteiger partial charge in [-0.3, -0.25) is 14.4 Å². The molecule has 0 N–H and O–H groups in total. The zero-order valence-corrected chi connectivity index (χ0v) is 35.5. The van der Waals surface area contributed by atoms with Crippen molar-refractivity contribution in [2.45, 2.75) is 226 Å². The Morgan fingerprint density at radius 1 is 0.407 bits per heavy atom. The first-order valence-electron chi connectivity index (χ1n) is 22.7. The van der Waals surface area contributed by atoms with Gasteiger partial charge in [0.1, 0.15) is 13.2 Å². The van der Waals surface area contributed by atoms with Gasteiger partial charge < -0.3 is 14.2 Å². The van der Waals surface area contributed by atoms with Gasteiger partial charge in [0.25, 0.3) is 0 Å². The van der Waals surface area contributed by atoms with E-state index in [9.17, 15) is 14.4 Å². The van der Waals surface area contributed by atoms with E-state index in [4.69, 9.17) is 14.2 Å². The fourth-order valence-electron chi connectivity index (χ4n) is 6.17. The van der Waals surface area contributed by atoms with E-state index in [2.05, 4.69) is 69.4 Å². The quantitative estimate of drug-likeness (QED) is 0.0204. The number of ether oxygens (including phenoxy) is 3. The lowest BCUT2D eigenvalue weighted by Crippen LogP contribution is -2.30. The van der Waals surface area contributed by atoms with E-state index < -0.39 is 6.10 Å². The molecule has 6 heteroatoms. The van der Waals surface area contributed by atoms with Crippen molar-refractivity contribution >= 4 is 17.9 Å². The third-order valence-electron chi connectivity index (χ3n) is 9.60. The molecule has 0 aromatic rings. The highest BCUT2D eigenvalue weighted by Gasteiger charge is 2.19. The maximum Gasteiger partial charge on any atom is 0.306 e. The molecular weight excluding hydrogens is 673 g/mol. The monoisotopic (exact) mass is 757 g/mol. The molecule has 54 heavy (non-hydrogen) atoms. The average molecular weight is 757 g/mol. The van der Waals surface area contributed by atoms with Gasteiger partial charge in [-0.2, -0.15) is 0 Å². The van der Waals surface area contributed by atoms with Gasteiger partial charge in [0.05, 0.1) is 0 Å². The molecule has 0 spiro atoms. The SMILES string of the molecule is CC/C=C\C/C=C\CCCCC(=O)OCC(COC(=O)CCCCCCCC/C=C\C=C/CCCCC)OC(=O)CCCCCCCCCCCCCC. The van der Waals surface area contributed by atoms with E-state index in [0.717, 1.165) is 77.0 Å². The summed E-state index contributed by atoms with van der Waals surface area (Å²) in [6.45, 7) is 6.43. The van der Waals surface area contributed by atoms with Crippen LogP contribution in [-0.2, 0) is 28.6 Å². The topological polar surface area (TPSA) is 78.9 Å². The minimum atomic E-state index is -0.785. The highest BCUT2D eigenvalue weighted by Crippen LogP contribution is 2.14. The van der Waals surface area contributed by atoms with Gasteiger partial charge >= 0.3 is 17.9 Å². The molecule has 0 aliphatic heterocycles. The van der Waals surface area contributed by atoms with Crippen LogP contribution in [0.25, 0.3) is 0 Å². The number of hydrogen-bond acceptors (Lipinski definition) is 6. The second-order valence-corrected chi connectivity index (χ2v) is 15.0. The second-order valence-electron chi connectivity index (χ2n) is 15.0. The average Bonchev–Trinajstić information content (AvgIpc) is 3.17. The fraction of sp³-hybridized carbons (Fsp3) is 0.771. The second kappa shape index (κ2) is 43.1. The summed E-state index contributed by atoms with van der Waals surface area (Å²) in [5.41, 5.74) is 0. The lowest BCUT2D eigenvalue weighted by Gasteiger charge is -2.18. The Bertz CT molecular complexity index is 964. The van der Waals surface area contributed by atoms with Crippen LogP contribution in [0.4, 0.5) is 0 Å². The Balaban J connectivity index is 4.38. The summed E-state index contributed by atoms with van der Waals surface area (Å²) in [6, 6.07) is 0. The van der Waals surface area contributed by atoms with Crippen LogP contribution >= 0.6 is 0 Å². The molecule has 1 unspecified atom stereocenters. The van der Waals surface area contributed by atoms with E-state index in [-0.39, 0.29) is 31.1 Å². The van der Waals surface area contributed by atoms with Gasteiger partial charge in [-0.05, 0) is 70.6 Å². The Hall–Kier alpha value is -2.63. The van der Waals surface area contributed by atoms with Crippen molar-refractivity contribution < 1.29 is 28.6 Å². The summed E-state index contributed by atoms with van der Waals surface area (Å²) in [7, 11) is 0. The molecule has 0 aromatic carbocycles. The third-order valence-corrected chi connectivity index (χ3v) is 9.60. The van der Waals surface area contributed by atoms with Crippen molar-refractivity contribution in [3.63, 3.8) is 0 Å². The minimum absolute atomic E-state index is 0.0883. The van der Waals surface area contributed by atoms with E-state index >= 15 is 0 Å². The lowest BCUT2D eigenvalue weighted by molar-refractivity contribution is -0.167. The third kappa shape index (κ3) is 40.6. The van der Waals surface area contributed by atoms with Crippen LogP contribution in [-0.4, -0.2) is 37.2 Å². The molecule has 0 saturated carbocycles. The minimum Gasteiger partial charge on any atom is -0.462 e. The first-order chi connectivity index (χ1) is 26.5. The van der Waals surface area contributed by atoms with E-state index in [1.807, 2.05) is 0 Å². The number of rotatable bonds is 40. The lowest BCUT2D eigenvalue weighted by atomic mass is 10.0. The summed E-state index contributed by atoms with van der Waals surface area (Å²) in [5, 5.41) is 0. The highest BCUT2D eigenvalue weighted by atomic mass is 16.6. The first-order valence-corrected chi connectivity index (χ1v) is 22.7. The van der Waals surface area contributed by atoms with Crippen LogP contribution in [0.1, 0.15) is 220 Å². The van der Waals surface area contributed by atoms with Crippen molar-refractivity contribution in [3.05, 3.63) is 48.6 Å². The largest absolute Gasteiger partial charge is 0.462 e. The van der Waals surface area contributed by atoms with E-state index in [0.29, 0.717) is 19.3 Å². The van der Waals surface area contributed by atoms with E-state index in [1.54, 1.807) is 0 Å². The van der Waals surface area contributed by atoms with Crippen LogP contribution in [0.15, 0.2) is 48.6 Å². The number of carbonyl (C=O) groups excluding carboxylic acids is 3. The maximum absolute atomic E-state index is 12.7. The summed E-state index contributed by atoms with van der Waals surface area (Å²) >= 11 is 0. The molecule has 1 atom stereocenters. The number of esters is 3. The Morgan fingerprint density at radius 2 is 0.778 bits per heavy atom. The van der Waals surface area contributed by atoms with Crippen LogP contribution in [0.5, 0.6) is 0 Å². The van der Waals surface area contributed by atoms with Crippen LogP contribution < -0.4 is 0 Å². The molecule has 0 aliphatic carbocycles. The highest BCUT2D eigenvalue weighted by molar-refractivity contribution is 5.71. The predicted octanol–water partition coefficient (Wildman–Crippen LogP) is 14.4. The normalized spacial score (nSPS) is 12.4. The number of unbranched alkanes of at least 4 members (excludes halogenated alkanes) is 22. The Labute approximate surface area is 333 Å². The van der Waals surface area contributed by atoms with Crippen molar-refractivity contribution in [2.75, 3.05) is 13.2 Å². The van der Waals surface area contributed by atoms with Gasteiger partial charge in [0, 0.05) is 19.3 Å². The van der Waals surface area contributed by atoms with Crippen molar-refractivity contribution in [1.29, 1.82) is 0 Å². The van der Waals surface area contributed by atoms with Gasteiger partial charge in [0.2, 0.25) is 0 Å². The first kappa shape index (κ1) is 51.4. The molecule has 0 aliphatic rings. The zero-order valence-electron chi connectivity index (χ0n) is 35.5. The van der Waals surface area contributed by atoms with E-state index in [1.165, 1.54) is 103 Å². The molecule has 0 rings (SSSR count). The Kier molecular flexibility index (Phi) is 41.0. The summed E-state index contributed by atoms with van der Waals surface area (Å²) < 4.78 is 16.6. The van der Waals surface area contributed by atoms with Crippen molar-refractivity contribution in [3.8, 4) is 0 Å². The number of allylic oxidation sites excluding steroid dienone is 8. The van der Waals surface area contributed by atoms with Gasteiger partial charge in [0.15, 0.2) is 6.10 Å². The van der Waals surface area contributed by atoms with Crippen LogP contribution in [0.3, 0.4) is 0 Å². The molecular formula is C48H84O6. The number of carbonyl (C=O) groups is 3. The fourth-order valence-corrected chi connectivity index (χ4v) is 6.17. The molecule has 0 fully saturated rings. The van der Waals surface area contributed by atoms with Crippen molar-refractivity contribution in [2.24, 2.45) is 0 Å². The molecule has 0 radical (unpaired) electrons. The van der Waals surface area contributed by atoms with Gasteiger partial charge in [-0.1, -0.05) is 179 Å². The zero-order chi connectivity index (χ0) is 39.4. The Morgan fingerprint density at radius 3 is 1.30 bits per heavy atom. The molecule has 0 heterocycles. The van der Waals surface area contributed by atoms with Gasteiger partial charge in [-0.25, -0.2) is 0 Å². The maximum atomic E-state index is 12.7. The molecule has 0 aromatic heterocycles. The number of hydrogen-bond donors (Lipinski definition) is 0. The van der Waals surface area contributed by atoms with Gasteiger partial charge in [-0.15, -0.1) is 0 Å². The van der Waals surface area contributed by atoms with Crippen molar-refractivity contribution in [1.82, 2.24) is 0 Å². The molecule has 0 saturated heterocycles. The summed E-state index contributed by atoms with van der Waals surface area (Å²) in [4.78, 5) is 37.6. The van der Waals surface area contributed by atoms with Crippen LogP contribution in [0.2, 0.25) is 0 Å². The molecule has 0 amide bonds. The summed E-state index contributed by atoms with van der Waals surface area (Å²) in [6.07, 6.45) is 49.6.